The van der Waals surface area contributed by atoms with E-state index in [-0.39, 0.29) is 11.8 Å². The average Bonchev–Trinajstić information content (AvgIpc) is 2.81. The fraction of sp³-hybridized carbons (Fsp3) is 0.176. The van der Waals surface area contributed by atoms with E-state index in [1.807, 2.05) is 18.2 Å². The summed E-state index contributed by atoms with van der Waals surface area (Å²) in [5, 5.41) is 2.84. The Morgan fingerprint density at radius 3 is 2.77 bits per heavy atom. The molecule has 0 aliphatic carbocycles. The first-order chi connectivity index (χ1) is 10.6. The van der Waals surface area contributed by atoms with Gasteiger partial charge in [0.25, 0.3) is 5.91 Å². The molecule has 0 saturated heterocycles. The SMILES string of the molecule is COc1ccccc1C(=O)Nc1ccc2c(c1)CC(=O)N2C. The second-order valence-corrected chi connectivity index (χ2v) is 5.13. The molecule has 1 heterocycles. The number of ether oxygens (including phenoxy) is 1. The zero-order valence-electron chi connectivity index (χ0n) is 12.4. The van der Waals surface area contributed by atoms with Crippen molar-refractivity contribution >= 4 is 23.2 Å². The van der Waals surface area contributed by atoms with Gasteiger partial charge < -0.3 is 15.0 Å². The molecule has 1 N–H and O–H groups in total. The van der Waals surface area contributed by atoms with Gasteiger partial charge >= 0.3 is 0 Å². The van der Waals surface area contributed by atoms with E-state index in [2.05, 4.69) is 5.32 Å². The summed E-state index contributed by atoms with van der Waals surface area (Å²) in [5.41, 5.74) is 2.95. The number of methoxy groups -OCH3 is 1. The van der Waals surface area contributed by atoms with E-state index in [9.17, 15) is 9.59 Å². The van der Waals surface area contributed by atoms with E-state index >= 15 is 0 Å². The molecule has 1 aliphatic heterocycles. The fourth-order valence-electron chi connectivity index (χ4n) is 2.58. The number of para-hydroxylation sites is 1. The third-order valence-electron chi connectivity index (χ3n) is 3.77. The molecule has 112 valence electrons. The van der Waals surface area contributed by atoms with Crippen LogP contribution in [0.1, 0.15) is 15.9 Å². The fourth-order valence-corrected chi connectivity index (χ4v) is 2.58. The number of anilines is 2. The Morgan fingerprint density at radius 1 is 1.23 bits per heavy atom. The van der Waals surface area contributed by atoms with Crippen molar-refractivity contribution < 1.29 is 14.3 Å². The van der Waals surface area contributed by atoms with Gasteiger partial charge in [-0.2, -0.15) is 0 Å². The van der Waals surface area contributed by atoms with Crippen molar-refractivity contribution in [1.29, 1.82) is 0 Å². The van der Waals surface area contributed by atoms with Gasteiger partial charge in [0.15, 0.2) is 0 Å². The van der Waals surface area contributed by atoms with Crippen LogP contribution in [0.25, 0.3) is 0 Å². The Morgan fingerprint density at radius 2 is 2.00 bits per heavy atom. The van der Waals surface area contributed by atoms with E-state index in [0.29, 0.717) is 23.4 Å². The number of carbonyl (C=O) groups is 2. The van der Waals surface area contributed by atoms with Gasteiger partial charge in [-0.15, -0.1) is 0 Å². The van der Waals surface area contributed by atoms with E-state index in [4.69, 9.17) is 4.74 Å². The summed E-state index contributed by atoms with van der Waals surface area (Å²) in [6.45, 7) is 0. The summed E-state index contributed by atoms with van der Waals surface area (Å²) in [5.74, 6) is 0.342. The molecule has 1 aliphatic rings. The van der Waals surface area contributed by atoms with Crippen molar-refractivity contribution in [3.05, 3.63) is 53.6 Å². The zero-order chi connectivity index (χ0) is 15.7. The number of benzene rings is 2. The highest BCUT2D eigenvalue weighted by Gasteiger charge is 2.24. The van der Waals surface area contributed by atoms with Crippen LogP contribution < -0.4 is 15.0 Å². The molecule has 5 nitrogen and oxygen atoms in total. The van der Waals surface area contributed by atoms with Crippen molar-refractivity contribution in [2.45, 2.75) is 6.42 Å². The normalized spacial score (nSPS) is 13.0. The molecule has 0 fully saturated rings. The molecule has 2 aromatic carbocycles. The number of rotatable bonds is 3. The first-order valence-electron chi connectivity index (χ1n) is 6.94. The van der Waals surface area contributed by atoms with Gasteiger partial charge in [-0.1, -0.05) is 12.1 Å². The number of carbonyl (C=O) groups excluding carboxylic acids is 2. The highest BCUT2D eigenvalue weighted by Crippen LogP contribution is 2.30. The molecule has 3 rings (SSSR count). The van der Waals surface area contributed by atoms with Crippen LogP contribution in [0, 0.1) is 0 Å². The summed E-state index contributed by atoms with van der Waals surface area (Å²) in [6.07, 6.45) is 0.365. The van der Waals surface area contributed by atoms with Gasteiger partial charge in [0, 0.05) is 18.4 Å². The van der Waals surface area contributed by atoms with Crippen molar-refractivity contribution in [2.75, 3.05) is 24.4 Å². The average molecular weight is 296 g/mol. The van der Waals surface area contributed by atoms with Crippen LogP contribution in [0.15, 0.2) is 42.5 Å². The molecular formula is C17H16N2O3. The molecule has 0 radical (unpaired) electrons. The molecular weight excluding hydrogens is 280 g/mol. The van der Waals surface area contributed by atoms with Crippen molar-refractivity contribution in [2.24, 2.45) is 0 Å². The largest absolute Gasteiger partial charge is 0.496 e. The van der Waals surface area contributed by atoms with Crippen LogP contribution in [0.5, 0.6) is 5.75 Å². The Labute approximate surface area is 128 Å². The zero-order valence-corrected chi connectivity index (χ0v) is 12.4. The standard InChI is InChI=1S/C17H16N2O3/c1-19-14-8-7-12(9-11(14)10-16(19)20)18-17(21)13-5-3-4-6-15(13)22-2/h3-9H,10H2,1-2H3,(H,18,21). The number of fused-ring (bicyclic) bond motifs is 1. The third kappa shape index (κ3) is 2.41. The van der Waals surface area contributed by atoms with Crippen molar-refractivity contribution in [3.63, 3.8) is 0 Å². The maximum absolute atomic E-state index is 12.4. The molecule has 0 saturated carbocycles. The lowest BCUT2D eigenvalue weighted by Crippen LogP contribution is -2.20. The second kappa shape index (κ2) is 5.52. The maximum atomic E-state index is 12.4. The molecule has 2 amide bonds. The lowest BCUT2D eigenvalue weighted by Gasteiger charge is -2.12. The smallest absolute Gasteiger partial charge is 0.259 e. The highest BCUT2D eigenvalue weighted by atomic mass is 16.5. The summed E-state index contributed by atoms with van der Waals surface area (Å²) >= 11 is 0. The molecule has 0 aromatic heterocycles. The van der Waals surface area contributed by atoms with Gasteiger partial charge in [-0.3, -0.25) is 9.59 Å². The number of likely N-dealkylation sites (N-methyl/N-ethyl adjacent to an activating group) is 1. The molecule has 0 spiro atoms. The minimum atomic E-state index is -0.241. The van der Waals surface area contributed by atoms with Crippen LogP contribution in [-0.2, 0) is 11.2 Å². The summed E-state index contributed by atoms with van der Waals surface area (Å²) < 4.78 is 5.19. The number of hydrogen-bond donors (Lipinski definition) is 1. The monoisotopic (exact) mass is 296 g/mol. The first kappa shape index (κ1) is 14.1. The topological polar surface area (TPSA) is 58.6 Å². The predicted molar refractivity (Wildman–Crippen MR) is 84.5 cm³/mol. The second-order valence-electron chi connectivity index (χ2n) is 5.13. The van der Waals surface area contributed by atoms with Crippen LogP contribution in [0.3, 0.4) is 0 Å². The van der Waals surface area contributed by atoms with Crippen molar-refractivity contribution in [3.8, 4) is 5.75 Å². The van der Waals surface area contributed by atoms with Crippen LogP contribution in [0.4, 0.5) is 11.4 Å². The Balaban J connectivity index is 1.84. The van der Waals surface area contributed by atoms with Gasteiger partial charge in [0.1, 0.15) is 5.75 Å². The molecule has 2 aromatic rings. The molecule has 0 unspecified atom stereocenters. The van der Waals surface area contributed by atoms with E-state index in [0.717, 1.165) is 11.3 Å². The molecule has 0 atom stereocenters. The Hall–Kier alpha value is -2.82. The van der Waals surface area contributed by atoms with Crippen LogP contribution in [-0.4, -0.2) is 26.0 Å². The summed E-state index contributed by atoms with van der Waals surface area (Å²) in [6, 6.07) is 12.5. The van der Waals surface area contributed by atoms with Gasteiger partial charge in [0.2, 0.25) is 5.91 Å². The number of nitrogens with zero attached hydrogens (tertiary/aromatic N) is 1. The Kier molecular flexibility index (Phi) is 3.55. The third-order valence-corrected chi connectivity index (χ3v) is 3.77. The molecule has 22 heavy (non-hydrogen) atoms. The highest BCUT2D eigenvalue weighted by molar-refractivity contribution is 6.07. The van der Waals surface area contributed by atoms with Crippen LogP contribution in [0.2, 0.25) is 0 Å². The van der Waals surface area contributed by atoms with E-state index in [1.54, 1.807) is 36.2 Å². The summed E-state index contributed by atoms with van der Waals surface area (Å²) in [7, 11) is 3.28. The van der Waals surface area contributed by atoms with E-state index < -0.39 is 0 Å². The first-order valence-corrected chi connectivity index (χ1v) is 6.94. The van der Waals surface area contributed by atoms with E-state index in [1.165, 1.54) is 7.11 Å². The number of hydrogen-bond acceptors (Lipinski definition) is 3. The van der Waals surface area contributed by atoms with Gasteiger partial charge in [-0.25, -0.2) is 0 Å². The molecule has 0 bridgehead atoms. The summed E-state index contributed by atoms with van der Waals surface area (Å²) in [4.78, 5) is 25.7. The number of nitrogens with one attached hydrogen (secondary N) is 1. The predicted octanol–water partition coefficient (Wildman–Crippen LogP) is 2.47. The van der Waals surface area contributed by atoms with Gasteiger partial charge in [-0.05, 0) is 35.9 Å². The number of amides is 2. The lowest BCUT2D eigenvalue weighted by molar-refractivity contribution is -0.117. The van der Waals surface area contributed by atoms with Crippen molar-refractivity contribution in [1.82, 2.24) is 0 Å². The molecule has 5 heteroatoms. The Bertz CT molecular complexity index is 755. The maximum Gasteiger partial charge on any atom is 0.259 e. The van der Waals surface area contributed by atoms with Gasteiger partial charge in [0.05, 0.1) is 19.1 Å². The quantitative estimate of drug-likeness (QED) is 0.946. The minimum absolute atomic E-state index is 0.0585. The lowest BCUT2D eigenvalue weighted by atomic mass is 10.1. The minimum Gasteiger partial charge on any atom is -0.496 e. The van der Waals surface area contributed by atoms with Crippen LogP contribution >= 0.6 is 0 Å².